The van der Waals surface area contributed by atoms with Crippen molar-refractivity contribution in [3.8, 4) is 0 Å². The van der Waals surface area contributed by atoms with Crippen LogP contribution in [-0.4, -0.2) is 47.6 Å². The number of benzene rings is 2. The van der Waals surface area contributed by atoms with Gasteiger partial charge in [0.2, 0.25) is 0 Å². The fraction of sp³-hybridized carbons (Fsp3) is 0.342. The zero-order chi connectivity index (χ0) is 37.4. The van der Waals surface area contributed by atoms with Crippen LogP contribution < -0.4 is 5.32 Å². The molecule has 0 heterocycles. The summed E-state index contributed by atoms with van der Waals surface area (Å²) in [5.41, 5.74) is 5.73. The van der Waals surface area contributed by atoms with E-state index in [4.69, 9.17) is 20.1 Å². The maximum Gasteiger partial charge on any atom is 0.342 e. The SMILES string of the molecule is C/C=C(\C)O.C=C.C=CC(=C)C.C=CO.CNCOC(C)Cc1cccc(CC/C=C(/C(C)=O)c2ccc(F)cc2C)c1.OC(F)F. The van der Waals surface area contributed by atoms with Crippen molar-refractivity contribution in [3.05, 3.63) is 139 Å². The van der Waals surface area contributed by atoms with Gasteiger partial charge < -0.3 is 20.1 Å². The Balaban J connectivity index is -0.000000399. The Kier molecular flexibility index (Phi) is 35.1. The number of aliphatic hydroxyl groups is 3. The second-order valence-electron chi connectivity index (χ2n) is 9.61. The lowest BCUT2D eigenvalue weighted by atomic mass is 9.95. The topological polar surface area (TPSA) is 99.0 Å². The molecule has 0 aliphatic heterocycles. The summed E-state index contributed by atoms with van der Waals surface area (Å²) in [6.07, 6.45) is 8.68. The fourth-order valence-electron chi connectivity index (χ4n) is 3.28. The molecule has 264 valence electrons. The second-order valence-corrected chi connectivity index (χ2v) is 9.61. The van der Waals surface area contributed by atoms with Crippen LogP contribution in [0.1, 0.15) is 63.3 Å². The summed E-state index contributed by atoms with van der Waals surface area (Å²) in [7, 11) is 1.86. The van der Waals surface area contributed by atoms with Crippen molar-refractivity contribution in [1.29, 1.82) is 0 Å². The Morgan fingerprint density at radius 3 is 1.96 bits per heavy atom. The van der Waals surface area contributed by atoms with Crippen molar-refractivity contribution in [2.24, 2.45) is 0 Å². The summed E-state index contributed by atoms with van der Waals surface area (Å²) in [5, 5.41) is 25.3. The molecular weight excluding hydrogens is 607 g/mol. The number of alkyl halides is 2. The number of carbonyl (C=O) groups is 1. The number of allylic oxidation sites excluding steroid dienone is 6. The molecule has 4 N–H and O–H groups in total. The highest BCUT2D eigenvalue weighted by Crippen LogP contribution is 2.22. The van der Waals surface area contributed by atoms with Crippen LogP contribution in [0.3, 0.4) is 0 Å². The lowest BCUT2D eigenvalue weighted by molar-refractivity contribution is -0.111. The van der Waals surface area contributed by atoms with E-state index in [0.717, 1.165) is 42.2 Å². The molecule has 0 aliphatic rings. The molecule has 0 saturated heterocycles. The smallest absolute Gasteiger partial charge is 0.342 e. The number of nitrogens with one attached hydrogen (secondary N) is 1. The molecule has 9 heteroatoms. The van der Waals surface area contributed by atoms with Gasteiger partial charge in [-0.2, -0.15) is 8.78 Å². The van der Waals surface area contributed by atoms with Crippen LogP contribution in [0, 0.1) is 12.7 Å². The highest BCUT2D eigenvalue weighted by molar-refractivity contribution is 6.19. The van der Waals surface area contributed by atoms with E-state index in [1.165, 1.54) is 23.3 Å². The number of ether oxygens (including phenoxy) is 1. The van der Waals surface area contributed by atoms with Gasteiger partial charge in [-0.25, -0.2) is 4.39 Å². The second kappa shape index (κ2) is 33.2. The minimum absolute atomic E-state index is 0.000957. The van der Waals surface area contributed by atoms with Gasteiger partial charge in [0.1, 0.15) is 5.82 Å². The molecular formula is C38H56F3NO5. The molecule has 2 aromatic carbocycles. The number of ketones is 1. The van der Waals surface area contributed by atoms with Crippen LogP contribution >= 0.6 is 0 Å². The lowest BCUT2D eigenvalue weighted by Gasteiger charge is -2.13. The summed E-state index contributed by atoms with van der Waals surface area (Å²) in [6.45, 7) is 24.1. The molecule has 0 radical (unpaired) electrons. The first-order chi connectivity index (χ1) is 22.1. The monoisotopic (exact) mass is 663 g/mol. The molecule has 1 unspecified atom stereocenters. The molecule has 1 atom stereocenters. The molecule has 0 aromatic heterocycles. The fourth-order valence-corrected chi connectivity index (χ4v) is 3.28. The molecule has 2 aromatic rings. The third-order valence-electron chi connectivity index (χ3n) is 5.43. The van der Waals surface area contributed by atoms with Crippen LogP contribution in [0.5, 0.6) is 0 Å². The first-order valence-electron chi connectivity index (χ1n) is 14.7. The third kappa shape index (κ3) is 33.0. The standard InChI is InChI=1S/C24H30FNO2.C5H8.C4H8O.C2H4O.C2H4.CH2F2O/c1-17-13-22(25)11-12-23(17)24(19(3)27)10-6-8-20-7-5-9-21(15-20)14-18(2)28-16-26-4;1-4-5(2)3;1-3-4(2)5;1-2-3;1-2;2-1(3)4/h5,7,9-13,15,18,26H,6,8,14,16H2,1-4H3;4H,1-2H2,3H3;3,5H,1-2H3;2-3H,1H2;1-2H2;1,4H/b24-10-;;4-3+;;;. The highest BCUT2D eigenvalue weighted by Gasteiger charge is 2.11. The Labute approximate surface area is 281 Å². The van der Waals surface area contributed by atoms with Gasteiger partial charge in [-0.3, -0.25) is 10.1 Å². The minimum atomic E-state index is -3.17. The van der Waals surface area contributed by atoms with E-state index in [2.05, 4.69) is 69.4 Å². The Morgan fingerprint density at radius 2 is 1.55 bits per heavy atom. The van der Waals surface area contributed by atoms with Crippen molar-refractivity contribution >= 4 is 11.4 Å². The largest absolute Gasteiger partial charge is 0.516 e. The Bertz CT molecular complexity index is 1200. The molecule has 0 fully saturated rings. The van der Waals surface area contributed by atoms with Gasteiger partial charge in [0.15, 0.2) is 5.78 Å². The summed E-state index contributed by atoms with van der Waals surface area (Å²) < 4.78 is 38.8. The number of Topliss-reactive ketones (excluding diaryl/α,β-unsaturated/α-hetero) is 1. The zero-order valence-electron chi connectivity index (χ0n) is 29.2. The van der Waals surface area contributed by atoms with Gasteiger partial charge in [0.25, 0.3) is 0 Å². The van der Waals surface area contributed by atoms with E-state index in [0.29, 0.717) is 18.1 Å². The number of rotatable bonds is 11. The van der Waals surface area contributed by atoms with Crippen LogP contribution in [0.2, 0.25) is 0 Å². The Morgan fingerprint density at radius 1 is 1.06 bits per heavy atom. The first kappa shape index (κ1) is 49.7. The number of halogens is 3. The summed E-state index contributed by atoms with van der Waals surface area (Å²) in [5.74, 6) is 0.0952. The quantitative estimate of drug-likeness (QED) is 0.0628. The highest BCUT2D eigenvalue weighted by atomic mass is 19.3. The molecule has 0 amide bonds. The van der Waals surface area contributed by atoms with E-state index < -0.39 is 6.61 Å². The third-order valence-corrected chi connectivity index (χ3v) is 5.43. The van der Waals surface area contributed by atoms with E-state index in [-0.39, 0.29) is 17.7 Å². The lowest BCUT2D eigenvalue weighted by Crippen LogP contribution is -2.19. The Hall–Kier alpha value is -4.18. The maximum atomic E-state index is 13.4. The first-order valence-corrected chi connectivity index (χ1v) is 14.7. The van der Waals surface area contributed by atoms with Gasteiger partial charge in [-0.15, -0.1) is 13.2 Å². The van der Waals surface area contributed by atoms with Crippen molar-refractivity contribution < 1.29 is 38.0 Å². The van der Waals surface area contributed by atoms with E-state index in [9.17, 15) is 18.0 Å². The molecule has 0 aliphatic carbocycles. The number of aliphatic hydroxyl groups excluding tert-OH is 3. The molecule has 0 bridgehead atoms. The average Bonchev–Trinajstić information content (AvgIpc) is 3.00. The van der Waals surface area contributed by atoms with Crippen LogP contribution in [0.15, 0.2) is 111 Å². The zero-order valence-corrected chi connectivity index (χ0v) is 29.2. The van der Waals surface area contributed by atoms with Crippen LogP contribution in [0.25, 0.3) is 5.57 Å². The van der Waals surface area contributed by atoms with Gasteiger partial charge in [0, 0.05) is 5.57 Å². The number of hydrogen-bond acceptors (Lipinski definition) is 6. The molecule has 0 saturated carbocycles. The summed E-state index contributed by atoms with van der Waals surface area (Å²) in [4.78, 5) is 12.1. The minimum Gasteiger partial charge on any atom is -0.516 e. The number of carbonyl (C=O) groups excluding carboxylic acids is 1. The molecule has 6 nitrogen and oxygen atoms in total. The predicted octanol–water partition coefficient (Wildman–Crippen LogP) is 9.77. The average molecular weight is 664 g/mol. The molecule has 2 rings (SSSR count). The molecule has 47 heavy (non-hydrogen) atoms. The van der Waals surface area contributed by atoms with E-state index in [1.807, 2.05) is 27.0 Å². The van der Waals surface area contributed by atoms with Crippen LogP contribution in [0.4, 0.5) is 13.2 Å². The summed E-state index contributed by atoms with van der Waals surface area (Å²) in [6, 6.07) is 13.0. The van der Waals surface area contributed by atoms with Gasteiger partial charge in [-0.1, -0.05) is 73.9 Å². The predicted molar refractivity (Wildman–Crippen MR) is 192 cm³/mol. The van der Waals surface area contributed by atoms with E-state index in [1.54, 1.807) is 39.0 Å². The molecule has 0 spiro atoms. The van der Waals surface area contributed by atoms with Gasteiger partial charge in [-0.05, 0) is 102 Å². The van der Waals surface area contributed by atoms with Gasteiger partial charge >= 0.3 is 6.61 Å². The van der Waals surface area contributed by atoms with Crippen LogP contribution in [-0.2, 0) is 22.4 Å². The van der Waals surface area contributed by atoms with E-state index >= 15 is 0 Å². The number of hydrogen-bond donors (Lipinski definition) is 4. The van der Waals surface area contributed by atoms with Gasteiger partial charge in [0.05, 0.1) is 24.9 Å². The summed E-state index contributed by atoms with van der Waals surface area (Å²) >= 11 is 0. The maximum absolute atomic E-state index is 13.4. The normalized spacial score (nSPS) is 10.7. The van der Waals surface area contributed by atoms with Crippen molar-refractivity contribution in [2.45, 2.75) is 73.5 Å². The van der Waals surface area contributed by atoms with Crippen molar-refractivity contribution in [1.82, 2.24) is 5.32 Å². The van der Waals surface area contributed by atoms with Crippen molar-refractivity contribution in [2.75, 3.05) is 13.8 Å². The van der Waals surface area contributed by atoms with Crippen molar-refractivity contribution in [3.63, 3.8) is 0 Å². The number of aryl methyl sites for hydroxylation is 2.